The van der Waals surface area contributed by atoms with Crippen molar-refractivity contribution >= 4 is 21.6 Å². The Morgan fingerprint density at radius 1 is 1.38 bits per heavy atom. The second kappa shape index (κ2) is 7.51. The van der Waals surface area contributed by atoms with Gasteiger partial charge in [-0.05, 0) is 24.6 Å². The van der Waals surface area contributed by atoms with Gasteiger partial charge in [0.15, 0.2) is 6.19 Å². The predicted molar refractivity (Wildman–Crippen MR) is 97.0 cm³/mol. The Morgan fingerprint density at radius 3 is 2.62 bits per heavy atom. The van der Waals surface area contributed by atoms with Crippen LogP contribution in [0.4, 0.5) is 5.69 Å². The number of methoxy groups -OCH3 is 1. The van der Waals surface area contributed by atoms with E-state index in [9.17, 15) is 13.2 Å². The first-order chi connectivity index (χ1) is 12.1. The monoisotopic (exact) mass is 380 g/mol. The smallest absolute Gasteiger partial charge is 0.244 e. The van der Waals surface area contributed by atoms with Gasteiger partial charge in [0.05, 0.1) is 7.11 Å². The fourth-order valence-electron chi connectivity index (χ4n) is 2.51. The molecule has 1 amide bonds. The fourth-order valence-corrected chi connectivity index (χ4v) is 3.97. The molecule has 0 radical (unpaired) electrons. The van der Waals surface area contributed by atoms with Gasteiger partial charge in [0.2, 0.25) is 15.9 Å². The van der Waals surface area contributed by atoms with Gasteiger partial charge < -0.3 is 15.0 Å². The number of likely N-dealkylation sites (tertiary alicyclic amines) is 1. The Balaban J connectivity index is 2.27. The third kappa shape index (κ3) is 4.65. The van der Waals surface area contributed by atoms with Gasteiger partial charge in [0.1, 0.15) is 10.6 Å². The van der Waals surface area contributed by atoms with Crippen LogP contribution in [-0.2, 0) is 14.8 Å². The molecule has 1 heterocycles. The van der Waals surface area contributed by atoms with E-state index >= 15 is 0 Å². The summed E-state index contributed by atoms with van der Waals surface area (Å²) < 4.78 is 33.4. The fraction of sp³-hybridized carbons (Fsp3) is 0.529. The number of anilines is 1. The summed E-state index contributed by atoms with van der Waals surface area (Å²) in [5.74, 6) is -0.0409. The topological polar surface area (TPSA) is 112 Å². The molecule has 0 aromatic heterocycles. The zero-order valence-corrected chi connectivity index (χ0v) is 16.2. The Hall–Kier alpha value is -2.31. The second-order valence-corrected chi connectivity index (χ2v) is 8.91. The quantitative estimate of drug-likeness (QED) is 0.749. The summed E-state index contributed by atoms with van der Waals surface area (Å²) in [4.78, 5) is 13.6. The van der Waals surface area contributed by atoms with Crippen LogP contribution in [0.1, 0.15) is 27.2 Å². The average Bonchev–Trinajstić information content (AvgIpc) is 3.00. The van der Waals surface area contributed by atoms with Crippen LogP contribution in [0, 0.1) is 16.9 Å². The number of rotatable bonds is 5. The molecule has 1 atom stereocenters. The Labute approximate surface area is 154 Å². The maximum atomic E-state index is 12.8. The molecule has 1 unspecified atom stereocenters. The number of benzene rings is 1. The molecule has 1 fully saturated rings. The lowest BCUT2D eigenvalue weighted by Gasteiger charge is -2.19. The first-order valence-corrected chi connectivity index (χ1v) is 9.71. The molecule has 26 heavy (non-hydrogen) atoms. The highest BCUT2D eigenvalue weighted by atomic mass is 32.2. The maximum Gasteiger partial charge on any atom is 0.244 e. The number of carbonyl (C=O) groups excluding carboxylic acids is 1. The minimum atomic E-state index is -3.87. The first-order valence-electron chi connectivity index (χ1n) is 8.23. The molecule has 1 aromatic rings. The van der Waals surface area contributed by atoms with Crippen molar-refractivity contribution < 1.29 is 17.9 Å². The maximum absolute atomic E-state index is 12.8. The molecule has 0 spiro atoms. The number of amides is 1. The lowest BCUT2D eigenvalue weighted by molar-refractivity contribution is -0.123. The van der Waals surface area contributed by atoms with E-state index in [4.69, 9.17) is 10.00 Å². The van der Waals surface area contributed by atoms with Crippen molar-refractivity contribution in [2.75, 3.05) is 25.5 Å². The summed E-state index contributed by atoms with van der Waals surface area (Å²) in [7, 11) is -2.49. The van der Waals surface area contributed by atoms with E-state index in [0.717, 1.165) is 0 Å². The average molecular weight is 380 g/mol. The number of nitrogens with zero attached hydrogens (tertiary/aromatic N) is 2. The van der Waals surface area contributed by atoms with Gasteiger partial charge in [0, 0.05) is 30.2 Å². The lowest BCUT2D eigenvalue weighted by atomic mass is 9.95. The van der Waals surface area contributed by atoms with Crippen molar-refractivity contribution in [3.05, 3.63) is 18.2 Å². The number of sulfonamides is 1. The molecule has 142 valence electrons. The number of ether oxygens (including phenoxy) is 1. The molecule has 8 nitrogen and oxygen atoms in total. The highest BCUT2D eigenvalue weighted by Gasteiger charge is 2.29. The van der Waals surface area contributed by atoms with Crippen molar-refractivity contribution in [2.45, 2.75) is 38.1 Å². The standard InChI is InChI=1S/C17H24N4O4S/c1-17(2,3)16(22)19-12-5-6-14(25-4)15(9-12)26(23,24)20-13-7-8-21(10-13)11-18/h5-6,9,13,20H,7-8,10H2,1-4H3,(H,19,22). The largest absolute Gasteiger partial charge is 0.495 e. The van der Waals surface area contributed by atoms with Crippen LogP contribution < -0.4 is 14.8 Å². The van der Waals surface area contributed by atoms with Crippen molar-refractivity contribution in [2.24, 2.45) is 5.41 Å². The zero-order chi connectivity index (χ0) is 19.5. The highest BCUT2D eigenvalue weighted by molar-refractivity contribution is 7.89. The zero-order valence-electron chi connectivity index (χ0n) is 15.4. The normalized spacial score (nSPS) is 17.7. The van der Waals surface area contributed by atoms with Gasteiger partial charge in [0.25, 0.3) is 0 Å². The van der Waals surface area contributed by atoms with Crippen molar-refractivity contribution in [1.82, 2.24) is 9.62 Å². The third-order valence-electron chi connectivity index (χ3n) is 4.04. The molecule has 0 saturated carbocycles. The van der Waals surface area contributed by atoms with Crippen molar-refractivity contribution in [3.8, 4) is 11.9 Å². The molecule has 1 aliphatic rings. The highest BCUT2D eigenvalue weighted by Crippen LogP contribution is 2.28. The SMILES string of the molecule is COc1ccc(NC(=O)C(C)(C)C)cc1S(=O)(=O)NC1CCN(C#N)C1. The summed E-state index contributed by atoms with van der Waals surface area (Å²) in [5.41, 5.74) is -0.238. The van der Waals surface area contributed by atoms with Crippen LogP contribution in [-0.4, -0.2) is 45.5 Å². The number of hydrogen-bond acceptors (Lipinski definition) is 6. The van der Waals surface area contributed by atoms with Crippen molar-refractivity contribution in [3.63, 3.8) is 0 Å². The van der Waals surface area contributed by atoms with Gasteiger partial charge in [-0.3, -0.25) is 4.79 Å². The number of nitriles is 1. The summed E-state index contributed by atoms with van der Waals surface area (Å²) in [6, 6.07) is 4.12. The summed E-state index contributed by atoms with van der Waals surface area (Å²) in [5, 5.41) is 11.6. The summed E-state index contributed by atoms with van der Waals surface area (Å²) >= 11 is 0. The van der Waals surface area contributed by atoms with Gasteiger partial charge in [-0.2, -0.15) is 5.26 Å². The van der Waals surface area contributed by atoms with E-state index in [1.54, 1.807) is 26.8 Å². The minimum Gasteiger partial charge on any atom is -0.495 e. The van der Waals surface area contributed by atoms with E-state index in [2.05, 4.69) is 10.0 Å². The van der Waals surface area contributed by atoms with E-state index in [1.165, 1.54) is 24.1 Å². The molecule has 0 bridgehead atoms. The van der Waals surface area contributed by atoms with Crippen LogP contribution >= 0.6 is 0 Å². The van der Waals surface area contributed by atoms with Gasteiger partial charge in [-0.1, -0.05) is 20.8 Å². The Bertz CT molecular complexity index is 824. The number of carbonyl (C=O) groups is 1. The Morgan fingerprint density at radius 2 is 2.08 bits per heavy atom. The number of hydrogen-bond donors (Lipinski definition) is 2. The Kier molecular flexibility index (Phi) is 5.78. The van der Waals surface area contributed by atoms with Gasteiger partial charge in [-0.15, -0.1) is 0 Å². The molecule has 1 aliphatic heterocycles. The van der Waals surface area contributed by atoms with E-state index in [1.807, 2.05) is 6.19 Å². The van der Waals surface area contributed by atoms with Gasteiger partial charge >= 0.3 is 0 Å². The molecule has 9 heteroatoms. The molecular weight excluding hydrogens is 356 g/mol. The predicted octanol–water partition coefficient (Wildman–Crippen LogP) is 1.51. The third-order valence-corrected chi connectivity index (χ3v) is 5.59. The van der Waals surface area contributed by atoms with Crippen molar-refractivity contribution in [1.29, 1.82) is 5.26 Å². The molecular formula is C17H24N4O4S. The molecule has 1 aromatic carbocycles. The molecule has 0 aliphatic carbocycles. The van der Waals surface area contributed by atoms with Crippen LogP contribution in [0.2, 0.25) is 0 Å². The summed E-state index contributed by atoms with van der Waals surface area (Å²) in [6.45, 7) is 6.16. The van der Waals surface area contributed by atoms with Crippen LogP contribution in [0.5, 0.6) is 5.75 Å². The second-order valence-electron chi connectivity index (χ2n) is 7.22. The summed E-state index contributed by atoms with van der Waals surface area (Å²) in [6.07, 6.45) is 2.56. The van der Waals surface area contributed by atoms with Crippen LogP contribution in [0.3, 0.4) is 0 Å². The molecule has 1 saturated heterocycles. The first kappa shape index (κ1) is 20.0. The van der Waals surface area contributed by atoms with E-state index in [0.29, 0.717) is 25.2 Å². The van der Waals surface area contributed by atoms with Gasteiger partial charge in [-0.25, -0.2) is 13.1 Å². The van der Waals surface area contributed by atoms with E-state index in [-0.39, 0.29) is 22.6 Å². The molecule has 2 rings (SSSR count). The minimum absolute atomic E-state index is 0.0536. The molecule has 2 N–H and O–H groups in total. The number of nitrogens with one attached hydrogen (secondary N) is 2. The van der Waals surface area contributed by atoms with Crippen LogP contribution in [0.25, 0.3) is 0 Å². The van der Waals surface area contributed by atoms with E-state index < -0.39 is 15.4 Å². The van der Waals surface area contributed by atoms with Crippen LogP contribution in [0.15, 0.2) is 23.1 Å². The lowest BCUT2D eigenvalue weighted by Crippen LogP contribution is -2.36.